The van der Waals surface area contributed by atoms with E-state index in [4.69, 9.17) is 4.84 Å². The highest BCUT2D eigenvalue weighted by Gasteiger charge is 2.00. The number of nitrogens with zero attached hydrogens (tertiary/aromatic N) is 1. The van der Waals surface area contributed by atoms with Crippen LogP contribution in [-0.4, -0.2) is 12.3 Å². The first-order chi connectivity index (χ1) is 4.35. The summed E-state index contributed by atoms with van der Waals surface area (Å²) in [6.07, 6.45) is 3.70. The second kappa shape index (κ2) is 5.60. The van der Waals surface area contributed by atoms with E-state index in [1.807, 2.05) is 0 Å². The largest absolute Gasteiger partial charge is 0.393 e. The number of rotatable bonds is 4. The highest BCUT2D eigenvalue weighted by Crippen LogP contribution is 2.01. The Morgan fingerprint density at radius 1 is 1.56 bits per heavy atom. The van der Waals surface area contributed by atoms with Gasteiger partial charge in [-0.3, -0.25) is 0 Å². The van der Waals surface area contributed by atoms with Crippen LogP contribution in [-0.2, 0) is 4.84 Å². The molecule has 0 atom stereocenters. The van der Waals surface area contributed by atoms with E-state index in [0.29, 0.717) is 0 Å². The van der Waals surface area contributed by atoms with Crippen LogP contribution in [0.5, 0.6) is 0 Å². The topological polar surface area (TPSA) is 21.6 Å². The highest BCUT2D eigenvalue weighted by molar-refractivity contribution is 5.60. The molecule has 9 heavy (non-hydrogen) atoms. The second-order valence-electron chi connectivity index (χ2n) is 1.83. The van der Waals surface area contributed by atoms with Crippen LogP contribution in [0.3, 0.4) is 0 Å². The lowest BCUT2D eigenvalue weighted by Crippen LogP contribution is -2.05. The second-order valence-corrected chi connectivity index (χ2v) is 1.83. The minimum atomic E-state index is 0.267. The average molecular weight is 128 g/mol. The van der Waals surface area contributed by atoms with Crippen molar-refractivity contribution in [1.29, 1.82) is 0 Å². The molecule has 0 bridgehead atoms. The first-order valence-corrected chi connectivity index (χ1v) is 3.32. The zero-order valence-corrected chi connectivity index (χ0v) is 6.13. The maximum Gasteiger partial charge on any atom is 0.127 e. The van der Waals surface area contributed by atoms with E-state index in [1.54, 1.807) is 0 Å². The number of hydrogen-bond acceptors (Lipinski definition) is 2. The van der Waals surface area contributed by atoms with E-state index < -0.39 is 0 Å². The average Bonchev–Trinajstić information content (AvgIpc) is 1.91. The van der Waals surface area contributed by atoms with Crippen LogP contribution in [0.2, 0.25) is 0 Å². The molecule has 0 aromatic rings. The summed E-state index contributed by atoms with van der Waals surface area (Å²) >= 11 is 0. The van der Waals surface area contributed by atoms with Crippen molar-refractivity contribution < 1.29 is 4.84 Å². The minimum absolute atomic E-state index is 0.267. The molecule has 0 N–H and O–H groups in total. The van der Waals surface area contributed by atoms with Gasteiger partial charge in [0.05, 0.1) is 0 Å². The van der Waals surface area contributed by atoms with Gasteiger partial charge in [0.1, 0.15) is 6.10 Å². The Labute approximate surface area is 56.9 Å². The fourth-order valence-electron chi connectivity index (χ4n) is 0.567. The zero-order valence-electron chi connectivity index (χ0n) is 6.13. The van der Waals surface area contributed by atoms with Crippen LogP contribution >= 0.6 is 0 Å². The lowest BCUT2D eigenvalue weighted by Gasteiger charge is -2.07. The Hall–Kier alpha value is -0.530. The zero-order chi connectivity index (χ0) is 7.11. The molecule has 53 valence electrons. The van der Waals surface area contributed by atoms with E-state index in [-0.39, 0.29) is 6.10 Å². The molecule has 0 fully saturated rings. The van der Waals surface area contributed by atoms with Gasteiger partial charge in [0.25, 0.3) is 0 Å². The van der Waals surface area contributed by atoms with E-state index in [1.165, 1.54) is 6.21 Å². The van der Waals surface area contributed by atoms with Gasteiger partial charge in [-0.15, -0.1) is 0 Å². The molecule has 0 aliphatic rings. The van der Waals surface area contributed by atoms with Gasteiger partial charge in [0.2, 0.25) is 0 Å². The summed E-state index contributed by atoms with van der Waals surface area (Å²) < 4.78 is 0. The molecule has 2 nitrogen and oxygen atoms in total. The maximum atomic E-state index is 5.00. The molecule has 0 unspecified atom stereocenters. The van der Waals surface area contributed by atoms with Gasteiger partial charge in [-0.05, 0) is 19.8 Å². The van der Waals surface area contributed by atoms with Crippen molar-refractivity contribution in [2.75, 3.05) is 0 Å². The summed E-state index contributed by atoms with van der Waals surface area (Å²) in [4.78, 5) is 5.00. The van der Waals surface area contributed by atoms with Crippen molar-refractivity contribution >= 4 is 6.21 Å². The van der Waals surface area contributed by atoms with Crippen molar-refractivity contribution in [2.24, 2.45) is 5.16 Å². The fourth-order valence-corrected chi connectivity index (χ4v) is 0.567. The molecule has 0 rings (SSSR count). The van der Waals surface area contributed by atoms with Gasteiger partial charge >= 0.3 is 0 Å². The molecule has 0 amide bonds. The fraction of sp³-hybridized carbons (Fsp3) is 0.714. The Morgan fingerprint density at radius 2 is 2.11 bits per heavy atom. The molecule has 0 aromatic carbocycles. The first-order valence-electron chi connectivity index (χ1n) is 3.32. The van der Waals surface area contributed by atoms with Crippen molar-refractivity contribution in [1.82, 2.24) is 0 Å². The van der Waals surface area contributed by atoms with Crippen molar-refractivity contribution in [2.45, 2.75) is 32.8 Å². The molecule has 0 spiro atoms. The quantitative estimate of drug-likeness (QED) is 0.419. The van der Waals surface area contributed by atoms with E-state index in [2.05, 4.69) is 25.9 Å². The van der Waals surface area contributed by atoms with Gasteiger partial charge < -0.3 is 4.84 Å². The predicted octanol–water partition coefficient (Wildman–Crippen LogP) is 2.01. The van der Waals surface area contributed by atoms with Gasteiger partial charge in [0.15, 0.2) is 0 Å². The summed E-state index contributed by atoms with van der Waals surface area (Å²) in [6.45, 7) is 7.56. The Bertz CT molecular complexity index is 77.0. The lowest BCUT2D eigenvalue weighted by atomic mass is 10.2. The SMILES string of the molecule is [CH2]C=NOC(CC)CC. The summed E-state index contributed by atoms with van der Waals surface area (Å²) in [5.74, 6) is 0. The third kappa shape index (κ3) is 4.01. The van der Waals surface area contributed by atoms with E-state index in [0.717, 1.165) is 12.8 Å². The number of hydrogen-bond donors (Lipinski definition) is 0. The molecule has 0 aliphatic carbocycles. The molecule has 2 heteroatoms. The van der Waals surface area contributed by atoms with Gasteiger partial charge in [0, 0.05) is 6.21 Å². The highest BCUT2D eigenvalue weighted by atomic mass is 16.6. The van der Waals surface area contributed by atoms with Crippen LogP contribution in [0.4, 0.5) is 0 Å². The third-order valence-corrected chi connectivity index (χ3v) is 1.20. The van der Waals surface area contributed by atoms with Crippen LogP contribution in [0.15, 0.2) is 5.16 Å². The third-order valence-electron chi connectivity index (χ3n) is 1.20. The first kappa shape index (κ1) is 8.47. The minimum Gasteiger partial charge on any atom is -0.393 e. The summed E-state index contributed by atoms with van der Waals surface area (Å²) in [5.41, 5.74) is 0. The van der Waals surface area contributed by atoms with Crippen LogP contribution in [0.25, 0.3) is 0 Å². The monoisotopic (exact) mass is 128 g/mol. The maximum absolute atomic E-state index is 5.00. The molecule has 0 aromatic heterocycles. The van der Waals surface area contributed by atoms with Crippen LogP contribution < -0.4 is 0 Å². The van der Waals surface area contributed by atoms with Gasteiger partial charge in [-0.2, -0.15) is 0 Å². The predicted molar refractivity (Wildman–Crippen MR) is 39.3 cm³/mol. The smallest absolute Gasteiger partial charge is 0.127 e. The van der Waals surface area contributed by atoms with Crippen molar-refractivity contribution in [3.8, 4) is 0 Å². The number of oxime groups is 1. The molecule has 0 saturated heterocycles. The molecule has 1 radical (unpaired) electrons. The molecular weight excluding hydrogens is 114 g/mol. The Kier molecular flexibility index (Phi) is 5.27. The van der Waals surface area contributed by atoms with Crippen LogP contribution in [0, 0.1) is 6.92 Å². The van der Waals surface area contributed by atoms with E-state index in [9.17, 15) is 0 Å². The van der Waals surface area contributed by atoms with Crippen molar-refractivity contribution in [3.05, 3.63) is 6.92 Å². The Morgan fingerprint density at radius 3 is 2.44 bits per heavy atom. The Balaban J connectivity index is 3.31. The van der Waals surface area contributed by atoms with Gasteiger partial charge in [-0.25, -0.2) is 0 Å². The van der Waals surface area contributed by atoms with Crippen molar-refractivity contribution in [3.63, 3.8) is 0 Å². The molecule has 0 aliphatic heterocycles. The molecule has 0 saturated carbocycles. The summed E-state index contributed by atoms with van der Waals surface area (Å²) in [6, 6.07) is 0. The van der Waals surface area contributed by atoms with E-state index >= 15 is 0 Å². The van der Waals surface area contributed by atoms with Crippen LogP contribution in [0.1, 0.15) is 26.7 Å². The molecular formula is C7H14NO. The summed E-state index contributed by atoms with van der Waals surface area (Å²) in [7, 11) is 0. The normalized spacial score (nSPS) is 11.1. The van der Waals surface area contributed by atoms with Gasteiger partial charge in [-0.1, -0.05) is 19.0 Å². The lowest BCUT2D eigenvalue weighted by molar-refractivity contribution is 0.0550. The summed E-state index contributed by atoms with van der Waals surface area (Å²) in [5, 5.41) is 3.58. The standard InChI is InChI=1S/C7H14NO/c1-4-7(5-2)9-8-6-3/h6-7H,3-5H2,1-2H3. The molecule has 0 heterocycles.